The second-order valence-electron chi connectivity index (χ2n) is 8.03. The van der Waals surface area contributed by atoms with Gasteiger partial charge in [0.05, 0.1) is 0 Å². The minimum atomic E-state index is 0.165. The van der Waals surface area contributed by atoms with Gasteiger partial charge in [0.15, 0.2) is 0 Å². The van der Waals surface area contributed by atoms with Gasteiger partial charge in [0, 0.05) is 23.0 Å². The van der Waals surface area contributed by atoms with Gasteiger partial charge in [-0.1, -0.05) is 26.8 Å². The molecule has 3 atom stereocenters. The molecule has 2 nitrogen and oxygen atoms in total. The Labute approximate surface area is 134 Å². The van der Waals surface area contributed by atoms with Crippen molar-refractivity contribution in [3.8, 4) is 0 Å². The number of hydrogen-bond donors (Lipinski definition) is 1. The molecule has 0 bridgehead atoms. The van der Waals surface area contributed by atoms with Gasteiger partial charge in [-0.25, -0.2) is 0 Å². The van der Waals surface area contributed by atoms with Crippen LogP contribution in [-0.4, -0.2) is 30.1 Å². The molecule has 0 aromatic carbocycles. The lowest BCUT2D eigenvalue weighted by Crippen LogP contribution is -2.60. The van der Waals surface area contributed by atoms with Crippen LogP contribution in [0.2, 0.25) is 0 Å². The molecule has 120 valence electrons. The number of thiophene rings is 1. The standard InChI is InChI=1S/C18H32N2S/c1-14-10-17(3,4)12-18(11-14,13-19)20(5)15(2)9-16-7-6-8-21-16/h6-8,14-15H,9-13,19H2,1-5H3. The highest BCUT2D eigenvalue weighted by Gasteiger charge is 2.45. The average Bonchev–Trinajstić information content (AvgIpc) is 2.88. The Bertz CT molecular complexity index is 440. The van der Waals surface area contributed by atoms with E-state index in [0.29, 0.717) is 11.5 Å². The molecule has 2 rings (SSSR count). The number of likely N-dealkylation sites (N-methyl/N-ethyl adjacent to an activating group) is 1. The summed E-state index contributed by atoms with van der Waals surface area (Å²) in [5, 5.41) is 2.17. The van der Waals surface area contributed by atoms with E-state index in [1.165, 1.54) is 24.1 Å². The van der Waals surface area contributed by atoms with Gasteiger partial charge in [-0.05, 0) is 62.4 Å². The van der Waals surface area contributed by atoms with Crippen molar-refractivity contribution in [2.45, 2.75) is 65.0 Å². The van der Waals surface area contributed by atoms with Crippen LogP contribution in [0, 0.1) is 11.3 Å². The van der Waals surface area contributed by atoms with E-state index < -0.39 is 0 Å². The Hall–Kier alpha value is -0.380. The van der Waals surface area contributed by atoms with E-state index in [1.54, 1.807) is 0 Å². The molecule has 0 saturated heterocycles. The van der Waals surface area contributed by atoms with Crippen LogP contribution in [0.3, 0.4) is 0 Å². The smallest absolute Gasteiger partial charge is 0.0339 e. The van der Waals surface area contributed by atoms with Crippen molar-refractivity contribution >= 4 is 11.3 Å². The summed E-state index contributed by atoms with van der Waals surface area (Å²) in [4.78, 5) is 4.06. The Morgan fingerprint density at radius 2 is 2.14 bits per heavy atom. The van der Waals surface area contributed by atoms with E-state index in [1.807, 2.05) is 11.3 Å². The zero-order valence-corrected chi connectivity index (χ0v) is 15.2. The van der Waals surface area contributed by atoms with Crippen molar-refractivity contribution in [3.05, 3.63) is 22.4 Å². The first-order valence-corrected chi connectivity index (χ1v) is 9.11. The van der Waals surface area contributed by atoms with Crippen molar-refractivity contribution in [2.24, 2.45) is 17.1 Å². The summed E-state index contributed by atoms with van der Waals surface area (Å²) in [7, 11) is 2.29. The number of rotatable bonds is 5. The minimum absolute atomic E-state index is 0.165. The second kappa shape index (κ2) is 6.39. The number of hydrogen-bond acceptors (Lipinski definition) is 3. The summed E-state index contributed by atoms with van der Waals surface area (Å²) in [5.41, 5.74) is 6.86. The fourth-order valence-electron chi connectivity index (χ4n) is 4.59. The zero-order chi connectivity index (χ0) is 15.7. The van der Waals surface area contributed by atoms with Gasteiger partial charge in [0.25, 0.3) is 0 Å². The maximum Gasteiger partial charge on any atom is 0.0339 e. The summed E-state index contributed by atoms with van der Waals surface area (Å²) < 4.78 is 0. The molecule has 1 aliphatic carbocycles. The fourth-order valence-corrected chi connectivity index (χ4v) is 5.42. The van der Waals surface area contributed by atoms with Crippen LogP contribution in [0.15, 0.2) is 17.5 Å². The van der Waals surface area contributed by atoms with Crippen LogP contribution >= 0.6 is 11.3 Å². The van der Waals surface area contributed by atoms with E-state index >= 15 is 0 Å². The predicted molar refractivity (Wildman–Crippen MR) is 93.8 cm³/mol. The third-order valence-corrected chi connectivity index (χ3v) is 6.20. The van der Waals surface area contributed by atoms with Crippen LogP contribution in [0.4, 0.5) is 0 Å². The first-order chi connectivity index (χ1) is 9.78. The molecule has 3 heteroatoms. The fraction of sp³-hybridized carbons (Fsp3) is 0.778. The summed E-state index contributed by atoms with van der Waals surface area (Å²) in [6.45, 7) is 10.3. The lowest BCUT2D eigenvalue weighted by molar-refractivity contribution is -0.0158. The molecule has 1 aromatic heterocycles. The number of nitrogens with two attached hydrogens (primary N) is 1. The first-order valence-electron chi connectivity index (χ1n) is 8.23. The highest BCUT2D eigenvalue weighted by Crippen LogP contribution is 2.46. The SMILES string of the molecule is CC1CC(C)(C)CC(CN)(N(C)C(C)Cc2cccs2)C1. The van der Waals surface area contributed by atoms with Gasteiger partial charge < -0.3 is 5.73 Å². The minimum Gasteiger partial charge on any atom is -0.329 e. The van der Waals surface area contributed by atoms with E-state index in [2.05, 4.69) is 57.2 Å². The molecule has 3 unspecified atom stereocenters. The van der Waals surface area contributed by atoms with E-state index in [4.69, 9.17) is 5.73 Å². The van der Waals surface area contributed by atoms with Gasteiger partial charge in [-0.3, -0.25) is 4.90 Å². The Kier molecular flexibility index (Phi) is 5.17. The van der Waals surface area contributed by atoms with Crippen molar-refractivity contribution in [1.29, 1.82) is 0 Å². The second-order valence-corrected chi connectivity index (χ2v) is 9.06. The molecule has 1 saturated carbocycles. The van der Waals surface area contributed by atoms with Crippen molar-refractivity contribution < 1.29 is 0 Å². The normalized spacial score (nSPS) is 30.5. The highest BCUT2D eigenvalue weighted by molar-refractivity contribution is 7.09. The Balaban J connectivity index is 2.14. The molecule has 1 aromatic rings. The van der Waals surface area contributed by atoms with Gasteiger partial charge in [0.1, 0.15) is 0 Å². The van der Waals surface area contributed by atoms with Crippen LogP contribution in [0.5, 0.6) is 0 Å². The Morgan fingerprint density at radius 3 is 2.67 bits per heavy atom. The van der Waals surface area contributed by atoms with Crippen molar-refractivity contribution in [2.75, 3.05) is 13.6 Å². The molecular weight excluding hydrogens is 276 g/mol. The zero-order valence-electron chi connectivity index (χ0n) is 14.4. The van der Waals surface area contributed by atoms with Crippen LogP contribution in [0.1, 0.15) is 51.8 Å². The molecule has 0 radical (unpaired) electrons. The molecule has 1 fully saturated rings. The van der Waals surface area contributed by atoms with Crippen LogP contribution < -0.4 is 5.73 Å². The molecule has 2 N–H and O–H groups in total. The lowest BCUT2D eigenvalue weighted by Gasteiger charge is -2.53. The first kappa shape index (κ1) is 17.0. The van der Waals surface area contributed by atoms with Gasteiger partial charge in [-0.2, -0.15) is 0 Å². The topological polar surface area (TPSA) is 29.3 Å². The van der Waals surface area contributed by atoms with E-state index in [0.717, 1.165) is 18.9 Å². The van der Waals surface area contributed by atoms with E-state index in [-0.39, 0.29) is 5.54 Å². The number of nitrogens with zero attached hydrogens (tertiary/aromatic N) is 1. The largest absolute Gasteiger partial charge is 0.329 e. The van der Waals surface area contributed by atoms with Crippen LogP contribution in [-0.2, 0) is 6.42 Å². The highest BCUT2D eigenvalue weighted by atomic mass is 32.1. The molecule has 1 heterocycles. The van der Waals surface area contributed by atoms with E-state index in [9.17, 15) is 0 Å². The van der Waals surface area contributed by atoms with Gasteiger partial charge in [-0.15, -0.1) is 11.3 Å². The van der Waals surface area contributed by atoms with Crippen LogP contribution in [0.25, 0.3) is 0 Å². The maximum atomic E-state index is 6.29. The monoisotopic (exact) mass is 308 g/mol. The predicted octanol–water partition coefficient (Wildman–Crippen LogP) is 4.15. The average molecular weight is 309 g/mol. The molecular formula is C18H32N2S. The summed E-state index contributed by atoms with van der Waals surface area (Å²) in [5.74, 6) is 0.758. The summed E-state index contributed by atoms with van der Waals surface area (Å²) >= 11 is 1.86. The van der Waals surface area contributed by atoms with Gasteiger partial charge >= 0.3 is 0 Å². The summed E-state index contributed by atoms with van der Waals surface area (Å²) in [6, 6.07) is 4.93. The quantitative estimate of drug-likeness (QED) is 0.885. The lowest BCUT2D eigenvalue weighted by atomic mass is 9.63. The maximum absolute atomic E-state index is 6.29. The molecule has 1 aliphatic rings. The van der Waals surface area contributed by atoms with Crippen molar-refractivity contribution in [1.82, 2.24) is 4.90 Å². The molecule has 0 amide bonds. The summed E-state index contributed by atoms with van der Waals surface area (Å²) in [6.07, 6.45) is 4.90. The third-order valence-electron chi connectivity index (χ3n) is 5.30. The Morgan fingerprint density at radius 1 is 1.43 bits per heavy atom. The van der Waals surface area contributed by atoms with Crippen molar-refractivity contribution in [3.63, 3.8) is 0 Å². The molecule has 0 spiro atoms. The molecule has 0 aliphatic heterocycles. The third kappa shape index (κ3) is 3.88. The molecule has 21 heavy (non-hydrogen) atoms. The van der Waals surface area contributed by atoms with Gasteiger partial charge in [0.2, 0.25) is 0 Å².